The number of hydrogen-bond acceptors (Lipinski definition) is 1. The molecule has 1 atom stereocenters. The van der Waals surface area contributed by atoms with Gasteiger partial charge in [-0.25, -0.2) is 0 Å². The van der Waals surface area contributed by atoms with E-state index in [1.165, 1.54) is 97.5 Å². The van der Waals surface area contributed by atoms with Gasteiger partial charge in [-0.1, -0.05) is 237 Å². The van der Waals surface area contributed by atoms with Crippen LogP contribution in [0.25, 0.3) is 44.5 Å². The lowest BCUT2D eigenvalue weighted by Gasteiger charge is -2.33. The fraction of sp³-hybridized carbons (Fsp3) is 0.0435. The lowest BCUT2D eigenvalue weighted by atomic mass is 9.74. The van der Waals surface area contributed by atoms with Crippen LogP contribution in [-0.4, -0.2) is 16.1 Å². The first-order chi connectivity index (χ1) is 35.5. The van der Waals surface area contributed by atoms with Crippen LogP contribution in [0.2, 0.25) is 6.55 Å². The van der Waals surface area contributed by atoms with Gasteiger partial charge in [0.05, 0.1) is 0 Å². The van der Waals surface area contributed by atoms with Gasteiger partial charge >= 0.3 is 0 Å². The van der Waals surface area contributed by atoms with Gasteiger partial charge in [0.2, 0.25) is 0 Å². The molecule has 0 saturated heterocycles. The van der Waals surface area contributed by atoms with Crippen molar-refractivity contribution >= 4 is 69.5 Å². The van der Waals surface area contributed by atoms with Crippen LogP contribution in [0.1, 0.15) is 23.6 Å². The third kappa shape index (κ3) is 6.05. The molecule has 0 N–H and O–H groups in total. The Kier molecular flexibility index (Phi) is 9.66. The molecule has 14 rings (SSSR count). The zero-order valence-corrected chi connectivity index (χ0v) is 42.4. The monoisotopic (exact) mass is 949 g/mol. The van der Waals surface area contributed by atoms with Crippen LogP contribution in [0.15, 0.2) is 273 Å². The van der Waals surface area contributed by atoms with Crippen LogP contribution >= 0.6 is 0 Å². The molecule has 0 bridgehead atoms. The highest BCUT2D eigenvalue weighted by Gasteiger charge is 2.49. The molecule has 11 aromatic carbocycles. The molecule has 0 radical (unpaired) electrons. The molecule has 2 heterocycles. The molecule has 0 spiro atoms. The van der Waals surface area contributed by atoms with Crippen LogP contribution in [-0.2, 0) is 5.41 Å². The fourth-order valence-electron chi connectivity index (χ4n) is 13.3. The molecule has 1 nitrogen and oxygen atoms in total. The quantitative estimate of drug-likeness (QED) is 0.137. The third-order valence-electron chi connectivity index (χ3n) is 16.7. The minimum absolute atomic E-state index is 0.267. The second kappa shape index (κ2) is 16.4. The van der Waals surface area contributed by atoms with Crippen molar-refractivity contribution in [2.45, 2.75) is 18.9 Å². The van der Waals surface area contributed by atoms with E-state index >= 15 is 0 Å². The van der Waals surface area contributed by atoms with Crippen molar-refractivity contribution < 1.29 is 0 Å². The fourth-order valence-corrected chi connectivity index (χ4v) is 22.7. The van der Waals surface area contributed by atoms with E-state index in [1.54, 1.807) is 0 Å². The summed E-state index contributed by atoms with van der Waals surface area (Å²) in [7, 11) is -5.16. The molecule has 72 heavy (non-hydrogen) atoms. The maximum absolute atomic E-state index is 2.77. The molecule has 1 aliphatic carbocycles. The molecular weight excluding hydrogens is 899 g/mol. The zero-order chi connectivity index (χ0) is 48.0. The minimum atomic E-state index is -2.77. The van der Waals surface area contributed by atoms with Gasteiger partial charge in [0, 0.05) is 22.5 Å². The molecule has 2 aliphatic heterocycles. The molecule has 0 aromatic heterocycles. The van der Waals surface area contributed by atoms with Crippen molar-refractivity contribution in [2.75, 3.05) is 4.90 Å². The van der Waals surface area contributed by atoms with Gasteiger partial charge in [-0.2, -0.15) is 0 Å². The van der Waals surface area contributed by atoms with Crippen molar-refractivity contribution in [3.05, 3.63) is 290 Å². The first-order valence-electron chi connectivity index (χ1n) is 25.3. The Hall–Kier alpha value is -8.35. The van der Waals surface area contributed by atoms with E-state index in [4.69, 9.17) is 0 Å². The summed E-state index contributed by atoms with van der Waals surface area (Å²) < 4.78 is 0. The Balaban J connectivity index is 0.946. The highest BCUT2D eigenvalue weighted by molar-refractivity contribution is 7.22. The number of fused-ring (bicyclic) bond motifs is 9. The highest BCUT2D eigenvalue weighted by atomic mass is 28.3. The maximum Gasteiger partial charge on any atom is 0.180 e. The second-order valence-corrected chi connectivity index (χ2v) is 27.8. The molecule has 1 unspecified atom stereocenters. The lowest BCUT2D eigenvalue weighted by molar-refractivity contribution is 0.714. The van der Waals surface area contributed by atoms with Gasteiger partial charge in [-0.3, -0.25) is 0 Å². The molecule has 3 aliphatic rings. The van der Waals surface area contributed by atoms with Gasteiger partial charge in [0.15, 0.2) is 8.07 Å². The average Bonchev–Trinajstić information content (AvgIpc) is 4.01. The van der Waals surface area contributed by atoms with Crippen molar-refractivity contribution in [3.63, 3.8) is 0 Å². The molecule has 340 valence electrons. The minimum Gasteiger partial charge on any atom is -0.311 e. The Labute approximate surface area is 425 Å². The second-order valence-electron chi connectivity index (χ2n) is 20.2. The average molecular weight is 950 g/mol. The summed E-state index contributed by atoms with van der Waals surface area (Å²) in [6.07, 6.45) is 0. The maximum atomic E-state index is 2.55. The molecule has 0 amide bonds. The number of rotatable bonds is 8. The van der Waals surface area contributed by atoms with Crippen LogP contribution in [0.5, 0.6) is 0 Å². The molecule has 0 fully saturated rings. The first kappa shape index (κ1) is 42.5. The SMILES string of the molecule is CC1(c2ccccc2)c2ccccc2-c2ccc(-c3ccc(N(c4cccc([Si]5(C)c6ccccc6-c6ccccc65)c4)c4cccc([Si]5(c6ccccc6)c6ccccc6-c6ccccc65)c4)cc3)cc21. The van der Waals surface area contributed by atoms with Crippen molar-refractivity contribution in [1.29, 1.82) is 0 Å². The van der Waals surface area contributed by atoms with Crippen LogP contribution in [0.3, 0.4) is 0 Å². The predicted octanol–water partition coefficient (Wildman–Crippen LogP) is 12.6. The molecular formula is C69H51NSi2. The van der Waals surface area contributed by atoms with E-state index in [0.29, 0.717) is 0 Å². The van der Waals surface area contributed by atoms with Crippen LogP contribution in [0.4, 0.5) is 17.1 Å². The summed E-state index contributed by atoms with van der Waals surface area (Å²) in [4.78, 5) is 2.52. The van der Waals surface area contributed by atoms with Crippen LogP contribution in [0, 0.1) is 0 Å². The van der Waals surface area contributed by atoms with Crippen molar-refractivity contribution in [3.8, 4) is 44.5 Å². The Morgan fingerprint density at radius 2 is 0.750 bits per heavy atom. The Bertz CT molecular complexity index is 3820. The molecule has 0 saturated carbocycles. The van der Waals surface area contributed by atoms with Gasteiger partial charge in [-0.05, 0) is 147 Å². The van der Waals surface area contributed by atoms with E-state index in [-0.39, 0.29) is 5.41 Å². The summed E-state index contributed by atoms with van der Waals surface area (Å²) >= 11 is 0. The van der Waals surface area contributed by atoms with Crippen molar-refractivity contribution in [2.24, 2.45) is 0 Å². The summed E-state index contributed by atoms with van der Waals surface area (Å²) in [5.74, 6) is 0. The van der Waals surface area contributed by atoms with E-state index in [2.05, 4.69) is 291 Å². The number of hydrogen-bond donors (Lipinski definition) is 0. The molecule has 11 aromatic rings. The normalized spacial score (nSPS) is 15.9. The third-order valence-corrected chi connectivity index (χ3v) is 26.1. The standard InChI is InChI=1S/C69H51NSi2/c1-69(50-21-5-3-6-22-50)63-34-14-9-29-57(63)58-44-41-49(45-64(58)69)48-39-42-51(43-40-48)70(52-23-19-27-55(46-52)71(2)65-35-15-10-30-59(65)60-31-11-16-36-66(60)71)53-24-20-28-56(47-53)72(54-25-7-4-8-26-54)67-37-17-12-32-61(67)62-33-13-18-38-68(62)72/h3-47H,1-2H3. The van der Waals surface area contributed by atoms with Gasteiger partial charge < -0.3 is 4.90 Å². The van der Waals surface area contributed by atoms with Gasteiger partial charge in [-0.15, -0.1) is 0 Å². The number of anilines is 3. The van der Waals surface area contributed by atoms with Crippen LogP contribution < -0.4 is 41.2 Å². The molecule has 3 heteroatoms. The smallest absolute Gasteiger partial charge is 0.180 e. The highest BCUT2D eigenvalue weighted by Crippen LogP contribution is 2.53. The zero-order valence-electron chi connectivity index (χ0n) is 40.4. The topological polar surface area (TPSA) is 3.24 Å². The summed E-state index contributed by atoms with van der Waals surface area (Å²) in [6, 6.07) is 104. The van der Waals surface area contributed by atoms with Gasteiger partial charge in [0.25, 0.3) is 0 Å². The summed E-state index contributed by atoms with van der Waals surface area (Å²) in [5, 5.41) is 10.0. The van der Waals surface area contributed by atoms with E-state index < -0.39 is 16.1 Å². The summed E-state index contributed by atoms with van der Waals surface area (Å²) in [6.45, 7) is 4.96. The first-order valence-corrected chi connectivity index (χ1v) is 29.8. The predicted molar refractivity (Wildman–Crippen MR) is 309 cm³/mol. The largest absolute Gasteiger partial charge is 0.311 e. The number of nitrogens with zero attached hydrogens (tertiary/aromatic N) is 1. The van der Waals surface area contributed by atoms with E-state index in [1.807, 2.05) is 0 Å². The lowest BCUT2D eigenvalue weighted by Crippen LogP contribution is -2.72. The Morgan fingerprint density at radius 1 is 0.306 bits per heavy atom. The van der Waals surface area contributed by atoms with Crippen molar-refractivity contribution in [1.82, 2.24) is 0 Å². The van der Waals surface area contributed by atoms with Gasteiger partial charge in [0.1, 0.15) is 8.07 Å². The van der Waals surface area contributed by atoms with E-state index in [0.717, 1.165) is 17.1 Å². The summed E-state index contributed by atoms with van der Waals surface area (Å²) in [5.41, 5.74) is 17.7. The van der Waals surface area contributed by atoms with E-state index in [9.17, 15) is 0 Å². The number of benzene rings is 11. The Morgan fingerprint density at radius 3 is 1.36 bits per heavy atom.